The van der Waals surface area contributed by atoms with Crippen LogP contribution in [-0.4, -0.2) is 43.4 Å². The highest BCUT2D eigenvalue weighted by atomic mass is 16.5. The predicted octanol–water partition coefficient (Wildman–Crippen LogP) is 2.58. The number of carbonyl (C=O) groups excluding carboxylic acids is 1. The summed E-state index contributed by atoms with van der Waals surface area (Å²) in [7, 11) is 1.69. The number of H-pyrrole nitrogens is 1. The molecule has 1 fully saturated rings. The minimum Gasteiger partial charge on any atom is -0.379 e. The number of rotatable bonds is 3. The van der Waals surface area contributed by atoms with Crippen molar-refractivity contribution in [3.8, 4) is 0 Å². The SMILES string of the molecule is CO[C@@H]1CCOC[C@H]1NC(=O)c1ccc2c3c([nH]c2c1)CCCC3. The van der Waals surface area contributed by atoms with E-state index >= 15 is 0 Å². The second kappa shape index (κ2) is 6.57. The molecule has 2 heterocycles. The average molecular weight is 328 g/mol. The maximum absolute atomic E-state index is 12.6. The fraction of sp³-hybridized carbons (Fsp3) is 0.526. The molecule has 2 N–H and O–H groups in total. The summed E-state index contributed by atoms with van der Waals surface area (Å²) in [6, 6.07) is 5.87. The number of methoxy groups -OCH3 is 1. The van der Waals surface area contributed by atoms with E-state index in [9.17, 15) is 4.79 Å². The zero-order valence-corrected chi connectivity index (χ0v) is 14.1. The van der Waals surface area contributed by atoms with E-state index in [1.165, 1.54) is 29.5 Å². The van der Waals surface area contributed by atoms with Gasteiger partial charge < -0.3 is 19.8 Å². The molecule has 1 amide bonds. The molecule has 0 spiro atoms. The number of benzene rings is 1. The Hall–Kier alpha value is -1.85. The molecular weight excluding hydrogens is 304 g/mol. The van der Waals surface area contributed by atoms with Crippen molar-refractivity contribution in [1.29, 1.82) is 0 Å². The van der Waals surface area contributed by atoms with Gasteiger partial charge in [0, 0.05) is 35.9 Å². The Kier molecular flexibility index (Phi) is 4.29. The summed E-state index contributed by atoms with van der Waals surface area (Å²) in [6.07, 6.45) is 5.57. The Morgan fingerprint density at radius 1 is 1.33 bits per heavy atom. The molecule has 0 bridgehead atoms. The van der Waals surface area contributed by atoms with Crippen molar-refractivity contribution in [2.75, 3.05) is 20.3 Å². The van der Waals surface area contributed by atoms with Crippen molar-refractivity contribution in [1.82, 2.24) is 10.3 Å². The number of nitrogens with one attached hydrogen (secondary N) is 2. The minimum absolute atomic E-state index is 0.0178. The second-order valence-electron chi connectivity index (χ2n) is 6.77. The highest BCUT2D eigenvalue weighted by Gasteiger charge is 2.27. The molecule has 1 aromatic carbocycles. The monoisotopic (exact) mass is 328 g/mol. The van der Waals surface area contributed by atoms with E-state index in [1.54, 1.807) is 7.11 Å². The van der Waals surface area contributed by atoms with Gasteiger partial charge >= 0.3 is 0 Å². The quantitative estimate of drug-likeness (QED) is 0.910. The van der Waals surface area contributed by atoms with E-state index in [4.69, 9.17) is 9.47 Å². The van der Waals surface area contributed by atoms with E-state index in [-0.39, 0.29) is 18.1 Å². The van der Waals surface area contributed by atoms with E-state index in [0.717, 1.165) is 24.8 Å². The first kappa shape index (κ1) is 15.7. The van der Waals surface area contributed by atoms with Gasteiger partial charge in [-0.3, -0.25) is 4.79 Å². The predicted molar refractivity (Wildman–Crippen MR) is 92.4 cm³/mol. The van der Waals surface area contributed by atoms with Gasteiger partial charge in [-0.2, -0.15) is 0 Å². The van der Waals surface area contributed by atoms with Crippen molar-refractivity contribution >= 4 is 16.8 Å². The van der Waals surface area contributed by atoms with E-state index in [2.05, 4.69) is 16.4 Å². The van der Waals surface area contributed by atoms with Crippen molar-refractivity contribution in [2.24, 2.45) is 0 Å². The van der Waals surface area contributed by atoms with E-state index in [0.29, 0.717) is 18.8 Å². The normalized spacial score (nSPS) is 23.9. The third-order valence-corrected chi connectivity index (χ3v) is 5.27. The molecule has 1 aromatic heterocycles. The molecule has 2 atom stereocenters. The van der Waals surface area contributed by atoms with E-state index < -0.39 is 0 Å². The van der Waals surface area contributed by atoms with Crippen molar-refractivity contribution < 1.29 is 14.3 Å². The highest BCUT2D eigenvalue weighted by Crippen LogP contribution is 2.29. The van der Waals surface area contributed by atoms with Crippen molar-refractivity contribution in [3.05, 3.63) is 35.0 Å². The summed E-state index contributed by atoms with van der Waals surface area (Å²) >= 11 is 0. The summed E-state index contributed by atoms with van der Waals surface area (Å²) in [6.45, 7) is 1.19. The molecule has 128 valence electrons. The van der Waals surface area contributed by atoms with Crippen LogP contribution in [0.15, 0.2) is 18.2 Å². The van der Waals surface area contributed by atoms with Gasteiger partial charge in [0.05, 0.1) is 18.8 Å². The number of ether oxygens (including phenoxy) is 2. The second-order valence-corrected chi connectivity index (χ2v) is 6.77. The van der Waals surface area contributed by atoms with Gasteiger partial charge in [0.2, 0.25) is 0 Å². The first-order chi connectivity index (χ1) is 11.8. The molecule has 1 aliphatic carbocycles. The molecule has 0 unspecified atom stereocenters. The first-order valence-corrected chi connectivity index (χ1v) is 8.81. The topological polar surface area (TPSA) is 63.4 Å². The van der Waals surface area contributed by atoms with Crippen LogP contribution in [0, 0.1) is 0 Å². The number of hydrogen-bond donors (Lipinski definition) is 2. The lowest BCUT2D eigenvalue weighted by molar-refractivity contribution is -0.0349. The lowest BCUT2D eigenvalue weighted by Crippen LogP contribution is -2.50. The molecular formula is C19H24N2O3. The molecule has 1 saturated heterocycles. The number of aryl methyl sites for hydroxylation is 2. The fourth-order valence-corrected chi connectivity index (χ4v) is 3.94. The summed E-state index contributed by atoms with van der Waals surface area (Å²) < 4.78 is 10.9. The van der Waals surface area contributed by atoms with Crippen LogP contribution in [0.4, 0.5) is 0 Å². The Morgan fingerprint density at radius 3 is 3.08 bits per heavy atom. The summed E-state index contributed by atoms with van der Waals surface area (Å²) in [5.74, 6) is -0.0676. The standard InChI is InChI=1S/C19H24N2O3/c1-23-18-8-9-24-11-17(18)21-19(22)12-6-7-14-13-4-2-3-5-15(13)20-16(14)10-12/h6-7,10,17-18,20H,2-5,8-9,11H2,1H3,(H,21,22)/t17-,18-/m1/s1. The molecule has 0 radical (unpaired) electrons. The number of aromatic amines is 1. The van der Waals surface area contributed by atoms with Gasteiger partial charge in [-0.15, -0.1) is 0 Å². The number of amides is 1. The Labute approximate surface area is 141 Å². The van der Waals surface area contributed by atoms with Crippen LogP contribution < -0.4 is 5.32 Å². The Morgan fingerprint density at radius 2 is 2.21 bits per heavy atom. The smallest absolute Gasteiger partial charge is 0.251 e. The minimum atomic E-state index is -0.0937. The largest absolute Gasteiger partial charge is 0.379 e. The maximum Gasteiger partial charge on any atom is 0.251 e. The molecule has 4 rings (SSSR count). The molecule has 5 nitrogen and oxygen atoms in total. The molecule has 2 aliphatic rings. The zero-order valence-electron chi connectivity index (χ0n) is 14.1. The number of hydrogen-bond acceptors (Lipinski definition) is 3. The van der Waals surface area contributed by atoms with Gasteiger partial charge in [-0.25, -0.2) is 0 Å². The van der Waals surface area contributed by atoms with Crippen LogP contribution in [0.25, 0.3) is 10.9 Å². The van der Waals surface area contributed by atoms with Crippen LogP contribution >= 0.6 is 0 Å². The molecule has 2 aromatic rings. The van der Waals surface area contributed by atoms with Crippen molar-refractivity contribution in [3.63, 3.8) is 0 Å². The van der Waals surface area contributed by atoms with Crippen molar-refractivity contribution in [2.45, 2.75) is 44.2 Å². The fourth-order valence-electron chi connectivity index (χ4n) is 3.94. The third kappa shape index (κ3) is 2.82. The molecule has 1 aliphatic heterocycles. The van der Waals surface area contributed by atoms with Gasteiger partial charge in [0.15, 0.2) is 0 Å². The summed E-state index contributed by atoms with van der Waals surface area (Å²) in [4.78, 5) is 16.1. The van der Waals surface area contributed by atoms with Crippen LogP contribution in [0.3, 0.4) is 0 Å². The first-order valence-electron chi connectivity index (χ1n) is 8.81. The number of fused-ring (bicyclic) bond motifs is 3. The molecule has 5 heteroatoms. The number of aromatic nitrogens is 1. The van der Waals surface area contributed by atoms with Crippen LogP contribution in [0.2, 0.25) is 0 Å². The Balaban J connectivity index is 1.56. The van der Waals surface area contributed by atoms with Gasteiger partial charge in [-0.1, -0.05) is 6.07 Å². The molecule has 0 saturated carbocycles. The van der Waals surface area contributed by atoms with Gasteiger partial charge in [0.1, 0.15) is 0 Å². The summed E-state index contributed by atoms with van der Waals surface area (Å²) in [5, 5.41) is 4.32. The van der Waals surface area contributed by atoms with E-state index in [1.807, 2.05) is 12.1 Å². The van der Waals surface area contributed by atoms with Crippen LogP contribution in [0.5, 0.6) is 0 Å². The highest BCUT2D eigenvalue weighted by molar-refractivity contribution is 5.99. The lowest BCUT2D eigenvalue weighted by atomic mass is 9.95. The van der Waals surface area contributed by atoms with Crippen LogP contribution in [0.1, 0.15) is 40.9 Å². The summed E-state index contributed by atoms with van der Waals surface area (Å²) in [5.41, 5.74) is 4.52. The average Bonchev–Trinajstić information content (AvgIpc) is 3.00. The number of carbonyl (C=O) groups is 1. The molecule has 24 heavy (non-hydrogen) atoms. The van der Waals surface area contributed by atoms with Crippen LogP contribution in [-0.2, 0) is 22.3 Å². The Bertz CT molecular complexity index is 752. The lowest BCUT2D eigenvalue weighted by Gasteiger charge is -2.31. The maximum atomic E-state index is 12.6. The van der Waals surface area contributed by atoms with Gasteiger partial charge in [0.25, 0.3) is 5.91 Å². The zero-order chi connectivity index (χ0) is 16.5. The third-order valence-electron chi connectivity index (χ3n) is 5.27. The van der Waals surface area contributed by atoms with Gasteiger partial charge in [-0.05, 0) is 49.8 Å².